The Labute approximate surface area is 159 Å². The third-order valence-electron chi connectivity index (χ3n) is 3.90. The summed E-state index contributed by atoms with van der Waals surface area (Å²) in [6.45, 7) is 5.20. The highest BCUT2D eigenvalue weighted by Gasteiger charge is 2.29. The molecule has 0 bridgehead atoms. The fourth-order valence-electron chi connectivity index (χ4n) is 2.34. The Morgan fingerprint density at radius 1 is 1.15 bits per heavy atom. The van der Waals surface area contributed by atoms with Gasteiger partial charge < -0.3 is 21.1 Å². The number of rotatable bonds is 9. The highest BCUT2D eigenvalue weighted by Crippen LogP contribution is 2.08. The van der Waals surface area contributed by atoms with Crippen molar-refractivity contribution in [1.82, 2.24) is 10.6 Å². The first-order valence-electron chi connectivity index (χ1n) is 8.71. The molecule has 1 aromatic carbocycles. The molecule has 4 N–H and O–H groups in total. The van der Waals surface area contributed by atoms with Crippen LogP contribution in [0.4, 0.5) is 4.79 Å². The van der Waals surface area contributed by atoms with Crippen LogP contribution in [0.2, 0.25) is 0 Å². The normalized spacial score (nSPS) is 13.7. The van der Waals surface area contributed by atoms with Crippen molar-refractivity contribution in [3.05, 3.63) is 35.9 Å². The fourth-order valence-corrected chi connectivity index (χ4v) is 2.34. The van der Waals surface area contributed by atoms with Gasteiger partial charge >= 0.3 is 6.09 Å². The molecular weight excluding hydrogens is 348 g/mol. The molecule has 0 aliphatic rings. The number of carbonyl (C=O) groups excluding carboxylic acids is 3. The van der Waals surface area contributed by atoms with E-state index in [-0.39, 0.29) is 18.9 Å². The van der Waals surface area contributed by atoms with Gasteiger partial charge in [-0.3, -0.25) is 9.59 Å². The number of ether oxygens (including phenoxy) is 1. The van der Waals surface area contributed by atoms with E-state index in [0.717, 1.165) is 5.56 Å². The molecule has 146 valence electrons. The lowest BCUT2D eigenvalue weighted by atomic mass is 10.00. The zero-order chi connectivity index (χ0) is 20.4. The van der Waals surface area contributed by atoms with Gasteiger partial charge in [0.15, 0.2) is 0 Å². The van der Waals surface area contributed by atoms with E-state index in [4.69, 9.17) is 15.7 Å². The summed E-state index contributed by atoms with van der Waals surface area (Å²) in [6.07, 6.45) is -0.644. The number of nitriles is 1. The molecule has 1 aromatic rings. The van der Waals surface area contributed by atoms with Gasteiger partial charge in [-0.25, -0.2) is 4.79 Å². The second kappa shape index (κ2) is 10.8. The molecule has 3 atom stereocenters. The third kappa shape index (κ3) is 7.77. The number of alkyl carbamates (subject to hydrolysis) is 1. The van der Waals surface area contributed by atoms with Gasteiger partial charge in [0.1, 0.15) is 18.7 Å². The molecule has 0 aromatic heterocycles. The topological polar surface area (TPSA) is 134 Å². The van der Waals surface area contributed by atoms with E-state index >= 15 is 0 Å². The van der Waals surface area contributed by atoms with Gasteiger partial charge in [-0.15, -0.1) is 0 Å². The molecule has 0 saturated heterocycles. The van der Waals surface area contributed by atoms with E-state index in [1.807, 2.05) is 36.4 Å². The Bertz CT molecular complexity index is 685. The highest BCUT2D eigenvalue weighted by atomic mass is 16.5. The van der Waals surface area contributed by atoms with Crippen LogP contribution in [0.15, 0.2) is 30.3 Å². The average molecular weight is 374 g/mol. The Kier molecular flexibility index (Phi) is 8.79. The van der Waals surface area contributed by atoms with Gasteiger partial charge in [0.2, 0.25) is 11.8 Å². The van der Waals surface area contributed by atoms with Crippen molar-refractivity contribution in [2.45, 2.75) is 45.9 Å². The average Bonchev–Trinajstić information content (AvgIpc) is 2.64. The van der Waals surface area contributed by atoms with Crippen LogP contribution in [-0.4, -0.2) is 30.0 Å². The summed E-state index contributed by atoms with van der Waals surface area (Å²) in [5.74, 6) is -2.00. The number of amides is 3. The number of benzene rings is 1. The molecule has 1 rings (SSSR count). The summed E-state index contributed by atoms with van der Waals surface area (Å²) in [6, 6.07) is 9.22. The summed E-state index contributed by atoms with van der Waals surface area (Å²) in [5.41, 5.74) is 6.12. The van der Waals surface area contributed by atoms with E-state index in [2.05, 4.69) is 10.6 Å². The number of nitrogens with two attached hydrogens (primary N) is 1. The minimum Gasteiger partial charge on any atom is -0.445 e. The maximum absolute atomic E-state index is 12.5. The molecule has 0 heterocycles. The molecule has 0 radical (unpaired) electrons. The first kappa shape index (κ1) is 22.0. The van der Waals surface area contributed by atoms with E-state index in [0.29, 0.717) is 0 Å². The Morgan fingerprint density at radius 3 is 2.30 bits per heavy atom. The van der Waals surface area contributed by atoms with Gasteiger partial charge in [-0.05, 0) is 24.8 Å². The quantitative estimate of drug-likeness (QED) is 0.601. The molecule has 3 amide bonds. The number of nitrogens with zero attached hydrogens (tertiary/aromatic N) is 1. The number of carbonyl (C=O) groups is 3. The van der Waals surface area contributed by atoms with E-state index in [9.17, 15) is 14.4 Å². The van der Waals surface area contributed by atoms with Crippen molar-refractivity contribution in [2.24, 2.45) is 17.6 Å². The standard InChI is InChI=1S/C19H26N4O4/c1-12(2)16(18(25)22-15(17(21)24)9-13(3)10-20)23-19(26)27-11-14-7-5-4-6-8-14/h4-8,12-13,15-16H,9,11H2,1-3H3,(H2,21,24)(H,22,25)(H,23,26)/t13-,15-,16+/m0/s1. The summed E-state index contributed by atoms with van der Waals surface area (Å²) in [4.78, 5) is 36.1. The maximum Gasteiger partial charge on any atom is 0.408 e. The Hall–Kier alpha value is -3.08. The smallest absolute Gasteiger partial charge is 0.408 e. The third-order valence-corrected chi connectivity index (χ3v) is 3.90. The first-order chi connectivity index (χ1) is 12.7. The summed E-state index contributed by atoms with van der Waals surface area (Å²) in [5, 5.41) is 13.9. The van der Waals surface area contributed by atoms with Crippen molar-refractivity contribution in [3.63, 3.8) is 0 Å². The van der Waals surface area contributed by atoms with Gasteiger partial charge in [0, 0.05) is 5.92 Å². The lowest BCUT2D eigenvalue weighted by Crippen LogP contribution is -2.55. The lowest BCUT2D eigenvalue weighted by molar-refractivity contribution is -0.129. The predicted octanol–water partition coefficient (Wildman–Crippen LogP) is 1.46. The monoisotopic (exact) mass is 374 g/mol. The largest absolute Gasteiger partial charge is 0.445 e. The molecule has 8 heteroatoms. The van der Waals surface area contributed by atoms with Gasteiger partial charge in [0.05, 0.1) is 6.07 Å². The molecule has 8 nitrogen and oxygen atoms in total. The van der Waals surface area contributed by atoms with Crippen LogP contribution in [0, 0.1) is 23.2 Å². The highest BCUT2D eigenvalue weighted by molar-refractivity contribution is 5.90. The number of nitrogens with one attached hydrogen (secondary N) is 2. The second-order valence-corrected chi connectivity index (χ2v) is 6.66. The van der Waals surface area contributed by atoms with Crippen LogP contribution in [-0.2, 0) is 20.9 Å². The molecule has 0 spiro atoms. The lowest BCUT2D eigenvalue weighted by Gasteiger charge is -2.24. The predicted molar refractivity (Wildman–Crippen MR) is 98.9 cm³/mol. The van der Waals surface area contributed by atoms with E-state index < -0.39 is 35.9 Å². The Morgan fingerprint density at radius 2 is 1.78 bits per heavy atom. The SMILES string of the molecule is CC(C)[C@@H](NC(=O)OCc1ccccc1)C(=O)N[C@@H](C[C@H](C)C#N)C(N)=O. The van der Waals surface area contributed by atoms with Crippen molar-refractivity contribution in [3.8, 4) is 6.07 Å². The molecule has 0 aliphatic heterocycles. The molecule has 0 unspecified atom stereocenters. The van der Waals surface area contributed by atoms with Gasteiger partial charge in [0.25, 0.3) is 0 Å². The molecule has 0 saturated carbocycles. The molecule has 0 fully saturated rings. The number of hydrogen-bond donors (Lipinski definition) is 3. The van der Waals surface area contributed by atoms with Crippen molar-refractivity contribution < 1.29 is 19.1 Å². The second-order valence-electron chi connectivity index (χ2n) is 6.66. The summed E-state index contributed by atoms with van der Waals surface area (Å²) in [7, 11) is 0. The maximum atomic E-state index is 12.5. The molecule has 27 heavy (non-hydrogen) atoms. The van der Waals surface area contributed by atoms with E-state index in [1.54, 1.807) is 20.8 Å². The van der Waals surface area contributed by atoms with Crippen molar-refractivity contribution in [2.75, 3.05) is 0 Å². The van der Waals surface area contributed by atoms with Crippen LogP contribution in [0.1, 0.15) is 32.8 Å². The summed E-state index contributed by atoms with van der Waals surface area (Å²) < 4.78 is 5.13. The van der Waals surface area contributed by atoms with Crippen molar-refractivity contribution in [1.29, 1.82) is 5.26 Å². The minimum absolute atomic E-state index is 0.0721. The molecular formula is C19H26N4O4. The zero-order valence-corrected chi connectivity index (χ0v) is 15.8. The number of primary amides is 1. The fraction of sp³-hybridized carbons (Fsp3) is 0.474. The number of hydrogen-bond acceptors (Lipinski definition) is 5. The van der Waals surface area contributed by atoms with Crippen LogP contribution >= 0.6 is 0 Å². The van der Waals surface area contributed by atoms with Gasteiger partial charge in [-0.1, -0.05) is 44.2 Å². The Balaban J connectivity index is 2.67. The minimum atomic E-state index is -0.990. The van der Waals surface area contributed by atoms with Crippen LogP contribution in [0.5, 0.6) is 0 Å². The first-order valence-corrected chi connectivity index (χ1v) is 8.71. The van der Waals surface area contributed by atoms with Crippen molar-refractivity contribution >= 4 is 17.9 Å². The zero-order valence-electron chi connectivity index (χ0n) is 15.8. The summed E-state index contributed by atoms with van der Waals surface area (Å²) >= 11 is 0. The van der Waals surface area contributed by atoms with Crippen LogP contribution < -0.4 is 16.4 Å². The van der Waals surface area contributed by atoms with E-state index in [1.165, 1.54) is 0 Å². The van der Waals surface area contributed by atoms with Crippen LogP contribution in [0.3, 0.4) is 0 Å². The van der Waals surface area contributed by atoms with Gasteiger partial charge in [-0.2, -0.15) is 5.26 Å². The van der Waals surface area contributed by atoms with Crippen LogP contribution in [0.25, 0.3) is 0 Å². The molecule has 0 aliphatic carbocycles.